The van der Waals surface area contributed by atoms with Crippen LogP contribution in [0.1, 0.15) is 46.5 Å². The van der Waals surface area contributed by atoms with Crippen LogP contribution in [0.15, 0.2) is 114 Å². The van der Waals surface area contributed by atoms with Crippen LogP contribution in [0.5, 0.6) is 5.75 Å². The van der Waals surface area contributed by atoms with Crippen LogP contribution in [0.25, 0.3) is 6.08 Å². The van der Waals surface area contributed by atoms with Crippen LogP contribution < -0.4 is 20.3 Å². The lowest BCUT2D eigenvalue weighted by molar-refractivity contribution is -0.121. The maximum absolute atomic E-state index is 13.4. The van der Waals surface area contributed by atoms with Gasteiger partial charge >= 0.3 is 0 Å². The summed E-state index contributed by atoms with van der Waals surface area (Å²) in [5.74, 6) is -1.01. The van der Waals surface area contributed by atoms with Gasteiger partial charge in [0.15, 0.2) is 5.78 Å². The second-order valence-corrected chi connectivity index (χ2v) is 11.6. The average Bonchev–Trinajstić information content (AvgIpc) is 3.34. The van der Waals surface area contributed by atoms with Crippen molar-refractivity contribution >= 4 is 58.6 Å². The summed E-state index contributed by atoms with van der Waals surface area (Å²) in [5, 5.41) is 4.93. The molecule has 4 aromatic rings. The topological polar surface area (TPSA) is 122 Å². The molecular weight excluding hydrogens is 602 g/mol. The molecule has 1 fully saturated rings. The largest absolute Gasteiger partial charge is 0.494 e. The Bertz CT molecular complexity index is 1790. The summed E-state index contributed by atoms with van der Waals surface area (Å²) in [5.41, 5.74) is 2.53. The lowest BCUT2D eigenvalue weighted by atomic mass is 10.1. The predicted octanol–water partition coefficient (Wildman–Crippen LogP) is 6.12. The summed E-state index contributed by atoms with van der Waals surface area (Å²) in [4.78, 5) is 65.6. The summed E-state index contributed by atoms with van der Waals surface area (Å²) in [7, 11) is 0. The minimum absolute atomic E-state index is 0.0390. The van der Waals surface area contributed by atoms with Gasteiger partial charge in [0.2, 0.25) is 11.8 Å². The molecule has 0 bridgehead atoms. The lowest BCUT2D eigenvalue weighted by Crippen LogP contribution is -2.31. The second kappa shape index (κ2) is 14.5. The number of benzene rings is 4. The van der Waals surface area contributed by atoms with E-state index in [1.54, 1.807) is 109 Å². The van der Waals surface area contributed by atoms with Gasteiger partial charge < -0.3 is 15.4 Å². The molecule has 1 atom stereocenters. The molecule has 0 aliphatic carbocycles. The summed E-state index contributed by atoms with van der Waals surface area (Å²) in [6, 6.07) is 29.0. The SMILES string of the molecule is CCOc1ccc(/C=C(\NC(=O)c2ccccc2)C(=O)Nc2ccc(SC3CC(=O)N(c4ccc(C(C)=O)cc4)C3=O)cc2)cc1. The quantitative estimate of drug-likeness (QED) is 0.116. The first kappa shape index (κ1) is 31.9. The molecule has 4 amide bonds. The lowest BCUT2D eigenvalue weighted by Gasteiger charge is -2.15. The molecule has 232 valence electrons. The number of anilines is 2. The van der Waals surface area contributed by atoms with Crippen LogP contribution >= 0.6 is 11.8 Å². The first-order chi connectivity index (χ1) is 22.2. The number of nitrogens with zero attached hydrogens (tertiary/aromatic N) is 1. The average molecular weight is 634 g/mol. The second-order valence-electron chi connectivity index (χ2n) is 10.3. The van der Waals surface area contributed by atoms with Crippen molar-refractivity contribution in [1.29, 1.82) is 0 Å². The Balaban J connectivity index is 1.27. The van der Waals surface area contributed by atoms with E-state index in [0.29, 0.717) is 40.4 Å². The van der Waals surface area contributed by atoms with Crippen LogP contribution in [-0.2, 0) is 14.4 Å². The number of nitrogens with one attached hydrogen (secondary N) is 2. The maximum Gasteiger partial charge on any atom is 0.272 e. The van der Waals surface area contributed by atoms with E-state index in [2.05, 4.69) is 10.6 Å². The van der Waals surface area contributed by atoms with E-state index in [-0.39, 0.29) is 29.7 Å². The molecule has 1 saturated heterocycles. The van der Waals surface area contributed by atoms with E-state index in [1.165, 1.54) is 18.7 Å². The standard InChI is InChI=1S/C36H31N3O6S/c1-3-45-29-17-9-24(10-18-29)21-31(38-34(42)26-7-5-4-6-8-26)35(43)37-27-13-19-30(20-14-27)46-32-22-33(41)39(36(32)44)28-15-11-25(12-16-28)23(2)40/h4-21,32H,3,22H2,1-2H3,(H,37,43)(H,38,42)/b31-21-. The molecule has 2 N–H and O–H groups in total. The van der Waals surface area contributed by atoms with Gasteiger partial charge in [0.1, 0.15) is 11.4 Å². The van der Waals surface area contributed by atoms with E-state index in [1.807, 2.05) is 6.92 Å². The summed E-state index contributed by atoms with van der Waals surface area (Å²) in [6.45, 7) is 3.87. The third-order valence-electron chi connectivity index (χ3n) is 7.06. The first-order valence-corrected chi connectivity index (χ1v) is 15.5. The van der Waals surface area contributed by atoms with Crippen molar-refractivity contribution < 1.29 is 28.7 Å². The van der Waals surface area contributed by atoms with Crippen molar-refractivity contribution in [1.82, 2.24) is 5.32 Å². The minimum atomic E-state index is -0.614. The number of Topliss-reactive ketones (excluding diaryl/α,β-unsaturated/α-hetero) is 1. The molecule has 0 radical (unpaired) electrons. The smallest absolute Gasteiger partial charge is 0.272 e. The third-order valence-corrected chi connectivity index (χ3v) is 8.26. The first-order valence-electron chi connectivity index (χ1n) is 14.6. The summed E-state index contributed by atoms with van der Waals surface area (Å²) >= 11 is 1.26. The van der Waals surface area contributed by atoms with E-state index < -0.39 is 17.1 Å². The van der Waals surface area contributed by atoms with Crippen LogP contribution in [0.4, 0.5) is 11.4 Å². The zero-order valence-corrected chi connectivity index (χ0v) is 26.0. The molecule has 0 saturated carbocycles. The number of ether oxygens (including phenoxy) is 1. The van der Waals surface area contributed by atoms with Crippen LogP contribution in [0.2, 0.25) is 0 Å². The zero-order chi connectivity index (χ0) is 32.6. The fourth-order valence-electron chi connectivity index (χ4n) is 4.73. The molecule has 9 nitrogen and oxygen atoms in total. The van der Waals surface area contributed by atoms with Gasteiger partial charge in [0, 0.05) is 28.1 Å². The van der Waals surface area contributed by atoms with Crippen molar-refractivity contribution in [3.05, 3.63) is 126 Å². The van der Waals surface area contributed by atoms with Gasteiger partial charge in [-0.3, -0.25) is 24.0 Å². The number of amides is 4. The summed E-state index contributed by atoms with van der Waals surface area (Å²) < 4.78 is 5.49. The van der Waals surface area contributed by atoms with Crippen LogP contribution in [0.3, 0.4) is 0 Å². The number of hydrogen-bond acceptors (Lipinski definition) is 7. The van der Waals surface area contributed by atoms with Gasteiger partial charge in [-0.15, -0.1) is 11.8 Å². The normalized spacial score (nSPS) is 14.6. The number of carbonyl (C=O) groups excluding carboxylic acids is 5. The fourth-order valence-corrected chi connectivity index (χ4v) is 5.78. The highest BCUT2D eigenvalue weighted by Gasteiger charge is 2.40. The monoisotopic (exact) mass is 633 g/mol. The van der Waals surface area contributed by atoms with E-state index in [9.17, 15) is 24.0 Å². The van der Waals surface area contributed by atoms with E-state index in [0.717, 1.165) is 9.80 Å². The van der Waals surface area contributed by atoms with Crippen molar-refractivity contribution in [3.8, 4) is 5.75 Å². The predicted molar refractivity (Wildman–Crippen MR) is 178 cm³/mol. The van der Waals surface area contributed by atoms with Crippen molar-refractivity contribution in [2.75, 3.05) is 16.8 Å². The van der Waals surface area contributed by atoms with Crippen LogP contribution in [-0.4, -0.2) is 41.3 Å². The molecular formula is C36H31N3O6S. The number of imide groups is 1. The maximum atomic E-state index is 13.4. The molecule has 0 aromatic heterocycles. The number of rotatable bonds is 11. The Hall–Kier alpha value is -5.48. The third kappa shape index (κ3) is 7.77. The number of carbonyl (C=O) groups is 5. The van der Waals surface area contributed by atoms with Crippen molar-refractivity contribution in [2.24, 2.45) is 0 Å². The molecule has 46 heavy (non-hydrogen) atoms. The van der Waals surface area contributed by atoms with E-state index >= 15 is 0 Å². The summed E-state index contributed by atoms with van der Waals surface area (Å²) in [6.07, 6.45) is 1.62. The Morgan fingerprint density at radius 2 is 1.54 bits per heavy atom. The molecule has 1 unspecified atom stereocenters. The number of hydrogen-bond donors (Lipinski definition) is 2. The molecule has 1 aliphatic heterocycles. The highest BCUT2D eigenvalue weighted by Crippen LogP contribution is 2.34. The minimum Gasteiger partial charge on any atom is -0.494 e. The molecule has 0 spiro atoms. The fraction of sp³-hybridized carbons (Fsp3) is 0.139. The Morgan fingerprint density at radius 1 is 0.870 bits per heavy atom. The Kier molecular flexibility index (Phi) is 10.1. The molecule has 4 aromatic carbocycles. The highest BCUT2D eigenvalue weighted by atomic mass is 32.2. The van der Waals surface area contributed by atoms with Crippen molar-refractivity contribution in [3.63, 3.8) is 0 Å². The van der Waals surface area contributed by atoms with Crippen molar-refractivity contribution in [2.45, 2.75) is 30.4 Å². The Morgan fingerprint density at radius 3 is 2.17 bits per heavy atom. The van der Waals surface area contributed by atoms with Gasteiger partial charge in [-0.1, -0.05) is 30.3 Å². The van der Waals surface area contributed by atoms with Gasteiger partial charge in [-0.2, -0.15) is 0 Å². The van der Waals surface area contributed by atoms with Crippen LogP contribution in [0, 0.1) is 0 Å². The van der Waals surface area contributed by atoms with Gasteiger partial charge in [0.05, 0.1) is 17.5 Å². The highest BCUT2D eigenvalue weighted by molar-refractivity contribution is 8.00. The molecule has 1 heterocycles. The molecule has 1 aliphatic rings. The van der Waals surface area contributed by atoms with Gasteiger partial charge in [-0.05, 0) is 98.3 Å². The molecule has 10 heteroatoms. The number of thioether (sulfide) groups is 1. The Labute approximate surface area is 270 Å². The van der Waals surface area contributed by atoms with Gasteiger partial charge in [-0.25, -0.2) is 4.90 Å². The van der Waals surface area contributed by atoms with Gasteiger partial charge in [0.25, 0.3) is 11.8 Å². The molecule has 5 rings (SSSR count). The number of ketones is 1. The van der Waals surface area contributed by atoms with E-state index in [4.69, 9.17) is 4.74 Å². The zero-order valence-electron chi connectivity index (χ0n) is 25.2.